The molecule has 0 fully saturated rings. The first-order valence-corrected chi connectivity index (χ1v) is 9.30. The molecule has 1 atom stereocenters. The molecule has 0 bridgehead atoms. The largest absolute Gasteiger partial charge is 0.491 e. The van der Waals surface area contributed by atoms with Crippen LogP contribution in [0.25, 0.3) is 0 Å². The van der Waals surface area contributed by atoms with Crippen LogP contribution in [-0.2, 0) is 10.2 Å². The Kier molecular flexibility index (Phi) is 3.62. The Morgan fingerprint density at radius 2 is 1.86 bits per heavy atom. The lowest BCUT2D eigenvalue weighted by Gasteiger charge is -2.25. The Bertz CT molecular complexity index is 1070. The molecule has 0 saturated carbocycles. The zero-order chi connectivity index (χ0) is 19.3. The number of hydrogen-bond donors (Lipinski definition) is 1. The van der Waals surface area contributed by atoms with Gasteiger partial charge in [-0.05, 0) is 32.0 Å². The van der Waals surface area contributed by atoms with Crippen molar-refractivity contribution in [2.45, 2.75) is 25.3 Å². The molecule has 0 aliphatic carbocycles. The maximum absolute atomic E-state index is 13.3. The molecular formula is C22H20N4O2. The number of hydrogen-bond acceptors (Lipinski definition) is 5. The molecule has 0 spiro atoms. The molecule has 6 heteroatoms. The van der Waals surface area contributed by atoms with Crippen molar-refractivity contribution in [3.05, 3.63) is 71.9 Å². The number of fused-ring (bicyclic) bond motifs is 2. The Labute approximate surface area is 163 Å². The highest BCUT2D eigenvalue weighted by Crippen LogP contribution is 2.47. The second-order valence-corrected chi connectivity index (χ2v) is 7.59. The van der Waals surface area contributed by atoms with Gasteiger partial charge in [0.25, 0.3) is 0 Å². The van der Waals surface area contributed by atoms with Crippen LogP contribution in [0.15, 0.2) is 60.8 Å². The van der Waals surface area contributed by atoms with Crippen LogP contribution < -0.4 is 15.0 Å². The molecular weight excluding hydrogens is 352 g/mol. The highest BCUT2D eigenvalue weighted by atomic mass is 16.5. The molecule has 2 aromatic carbocycles. The summed E-state index contributed by atoms with van der Waals surface area (Å²) >= 11 is 0. The Morgan fingerprint density at radius 3 is 2.68 bits per heavy atom. The average Bonchev–Trinajstić information content (AvgIpc) is 3.20. The van der Waals surface area contributed by atoms with Crippen molar-refractivity contribution in [1.82, 2.24) is 9.97 Å². The molecule has 1 aromatic heterocycles. The van der Waals surface area contributed by atoms with Crippen molar-refractivity contribution in [1.29, 1.82) is 0 Å². The van der Waals surface area contributed by atoms with Gasteiger partial charge in [0.2, 0.25) is 11.9 Å². The quantitative estimate of drug-likeness (QED) is 0.753. The van der Waals surface area contributed by atoms with E-state index in [-0.39, 0.29) is 11.9 Å². The second-order valence-electron chi connectivity index (χ2n) is 7.59. The lowest BCUT2D eigenvalue weighted by atomic mass is 9.88. The van der Waals surface area contributed by atoms with E-state index in [2.05, 4.69) is 10.3 Å². The summed E-state index contributed by atoms with van der Waals surface area (Å²) in [5.74, 6) is 1.95. The molecule has 2 aliphatic rings. The van der Waals surface area contributed by atoms with Gasteiger partial charge in [0, 0.05) is 23.0 Å². The van der Waals surface area contributed by atoms with E-state index in [9.17, 15) is 4.79 Å². The number of carbonyl (C=O) groups excluding carboxylic acids is 1. The summed E-state index contributed by atoms with van der Waals surface area (Å²) in [5.41, 5.74) is 2.06. The van der Waals surface area contributed by atoms with Crippen LogP contribution in [0.2, 0.25) is 0 Å². The number of rotatable bonds is 3. The van der Waals surface area contributed by atoms with E-state index >= 15 is 0 Å². The van der Waals surface area contributed by atoms with Crippen LogP contribution in [0, 0.1) is 0 Å². The van der Waals surface area contributed by atoms with Crippen LogP contribution in [-0.4, -0.2) is 22.5 Å². The summed E-state index contributed by atoms with van der Waals surface area (Å²) < 4.78 is 5.83. The van der Waals surface area contributed by atoms with Crippen LogP contribution >= 0.6 is 0 Å². The zero-order valence-electron chi connectivity index (χ0n) is 15.7. The predicted octanol–water partition coefficient (Wildman–Crippen LogP) is 3.98. The van der Waals surface area contributed by atoms with E-state index in [0.717, 1.165) is 22.6 Å². The maximum atomic E-state index is 13.3. The lowest BCUT2D eigenvalue weighted by Crippen LogP contribution is -2.39. The van der Waals surface area contributed by atoms with Gasteiger partial charge in [-0.1, -0.05) is 36.4 Å². The summed E-state index contributed by atoms with van der Waals surface area (Å²) in [4.78, 5) is 24.3. The van der Waals surface area contributed by atoms with E-state index < -0.39 is 5.41 Å². The molecule has 28 heavy (non-hydrogen) atoms. The fourth-order valence-electron chi connectivity index (χ4n) is 3.87. The van der Waals surface area contributed by atoms with Gasteiger partial charge >= 0.3 is 0 Å². The number of nitrogens with zero attached hydrogens (tertiary/aromatic N) is 3. The summed E-state index contributed by atoms with van der Waals surface area (Å²) in [6.07, 6.45) is 1.76. The molecule has 0 radical (unpaired) electrons. The first kappa shape index (κ1) is 16.7. The number of benzene rings is 2. The molecule has 5 rings (SSSR count). The van der Waals surface area contributed by atoms with E-state index in [0.29, 0.717) is 18.4 Å². The highest BCUT2D eigenvalue weighted by Gasteiger charge is 2.49. The predicted molar refractivity (Wildman–Crippen MR) is 107 cm³/mol. The first-order valence-electron chi connectivity index (χ1n) is 9.30. The van der Waals surface area contributed by atoms with Crippen molar-refractivity contribution in [3.63, 3.8) is 0 Å². The minimum Gasteiger partial charge on any atom is -0.491 e. The molecule has 2 aliphatic heterocycles. The zero-order valence-corrected chi connectivity index (χ0v) is 15.7. The third-order valence-corrected chi connectivity index (χ3v) is 5.44. The topological polar surface area (TPSA) is 67.4 Å². The van der Waals surface area contributed by atoms with Gasteiger partial charge in [0.15, 0.2) is 0 Å². The van der Waals surface area contributed by atoms with Gasteiger partial charge in [-0.3, -0.25) is 9.69 Å². The number of ether oxygens (including phenoxy) is 1. The minimum atomic E-state index is -0.682. The molecule has 140 valence electrons. The van der Waals surface area contributed by atoms with Gasteiger partial charge in [-0.25, -0.2) is 4.98 Å². The summed E-state index contributed by atoms with van der Waals surface area (Å²) in [5, 5.41) is 3.21. The van der Waals surface area contributed by atoms with Crippen molar-refractivity contribution >= 4 is 23.4 Å². The normalized spacial score (nSPS) is 19.1. The SMILES string of the molecule is CC1(C)C(=O)N(C2COc3ccccc32)c2nc(Nc3ccccc3)ncc21. The number of para-hydroxylation sites is 2. The molecule has 3 aromatic rings. The van der Waals surface area contributed by atoms with E-state index in [4.69, 9.17) is 9.72 Å². The fourth-order valence-corrected chi connectivity index (χ4v) is 3.87. The van der Waals surface area contributed by atoms with Crippen LogP contribution in [0.1, 0.15) is 31.0 Å². The van der Waals surface area contributed by atoms with E-state index in [1.807, 2.05) is 68.4 Å². The van der Waals surface area contributed by atoms with E-state index in [1.165, 1.54) is 0 Å². The van der Waals surface area contributed by atoms with Gasteiger partial charge in [0.05, 0.1) is 5.41 Å². The van der Waals surface area contributed by atoms with Crippen molar-refractivity contribution < 1.29 is 9.53 Å². The lowest BCUT2D eigenvalue weighted by molar-refractivity contribution is -0.122. The molecule has 1 N–H and O–H groups in total. The molecule has 6 nitrogen and oxygen atoms in total. The summed E-state index contributed by atoms with van der Waals surface area (Å²) in [6, 6.07) is 17.4. The summed E-state index contributed by atoms with van der Waals surface area (Å²) in [7, 11) is 0. The van der Waals surface area contributed by atoms with Crippen LogP contribution in [0.4, 0.5) is 17.5 Å². The second kappa shape index (κ2) is 6.05. The number of carbonyl (C=O) groups is 1. The van der Waals surface area contributed by atoms with E-state index in [1.54, 1.807) is 11.1 Å². The standard InChI is InChI=1S/C22H20N4O2/c1-22(2)16-12-23-21(24-14-8-4-3-5-9-14)25-19(16)26(20(22)27)17-13-28-18-11-7-6-10-15(17)18/h3-12,17H,13H2,1-2H3,(H,23,24,25). The third-order valence-electron chi connectivity index (χ3n) is 5.44. The number of aromatic nitrogens is 2. The van der Waals surface area contributed by atoms with Crippen molar-refractivity contribution in [3.8, 4) is 5.75 Å². The van der Waals surface area contributed by atoms with Gasteiger partial charge in [-0.2, -0.15) is 4.98 Å². The number of amides is 1. The van der Waals surface area contributed by atoms with Gasteiger partial charge in [-0.15, -0.1) is 0 Å². The van der Waals surface area contributed by atoms with Crippen molar-refractivity contribution in [2.24, 2.45) is 0 Å². The average molecular weight is 372 g/mol. The third kappa shape index (κ3) is 2.45. The Balaban J connectivity index is 1.58. The number of anilines is 3. The van der Waals surface area contributed by atoms with Gasteiger partial charge < -0.3 is 10.1 Å². The smallest absolute Gasteiger partial charge is 0.239 e. The van der Waals surface area contributed by atoms with Crippen LogP contribution in [0.3, 0.4) is 0 Å². The Hall–Kier alpha value is -3.41. The summed E-state index contributed by atoms with van der Waals surface area (Å²) in [6.45, 7) is 4.26. The van der Waals surface area contributed by atoms with Crippen molar-refractivity contribution in [2.75, 3.05) is 16.8 Å². The highest BCUT2D eigenvalue weighted by molar-refractivity contribution is 6.07. The maximum Gasteiger partial charge on any atom is 0.239 e. The van der Waals surface area contributed by atoms with Crippen LogP contribution in [0.5, 0.6) is 5.75 Å². The first-order chi connectivity index (χ1) is 13.6. The fraction of sp³-hybridized carbons (Fsp3) is 0.227. The molecule has 0 saturated heterocycles. The Morgan fingerprint density at radius 1 is 1.11 bits per heavy atom. The monoisotopic (exact) mass is 372 g/mol. The number of nitrogens with one attached hydrogen (secondary N) is 1. The molecule has 3 heterocycles. The molecule has 1 unspecified atom stereocenters. The van der Waals surface area contributed by atoms with Gasteiger partial charge in [0.1, 0.15) is 24.2 Å². The minimum absolute atomic E-state index is 0.0129. The molecule has 1 amide bonds.